The fraction of sp³-hybridized carbons (Fsp3) is 0.0909. The molecular formula is C11H9Cl. The van der Waals surface area contributed by atoms with E-state index >= 15 is 0 Å². The minimum absolute atomic E-state index is 0.876. The normalized spacial score (nSPS) is 10.5. The molecule has 0 bridgehead atoms. The first-order valence-corrected chi connectivity index (χ1v) is 4.30. The molecule has 2 aliphatic rings. The Labute approximate surface area is 77.1 Å². The maximum absolute atomic E-state index is 6.10. The second-order valence-electron chi connectivity index (χ2n) is 2.92. The Balaban J connectivity index is 2.79. The Morgan fingerprint density at radius 3 is 2.67 bits per heavy atom. The summed E-state index contributed by atoms with van der Waals surface area (Å²) >= 11 is 6.10. The monoisotopic (exact) mass is 176 g/mol. The van der Waals surface area contributed by atoms with E-state index in [2.05, 4.69) is 12.1 Å². The molecule has 60 valence electrons. The van der Waals surface area contributed by atoms with Gasteiger partial charge in [-0.1, -0.05) is 41.9 Å². The van der Waals surface area contributed by atoms with E-state index in [0.717, 1.165) is 16.1 Å². The molecule has 0 nitrogen and oxygen atoms in total. The Hall–Kier alpha value is -1.01. The summed E-state index contributed by atoms with van der Waals surface area (Å²) in [5.74, 6) is 0. The highest BCUT2D eigenvalue weighted by Gasteiger charge is 2.08. The molecule has 0 fully saturated rings. The fourth-order valence-electron chi connectivity index (χ4n) is 1.40. The van der Waals surface area contributed by atoms with Crippen LogP contribution in [0, 0.1) is 6.92 Å². The van der Waals surface area contributed by atoms with Gasteiger partial charge in [0.1, 0.15) is 0 Å². The summed E-state index contributed by atoms with van der Waals surface area (Å²) in [6.45, 7) is 2.03. The van der Waals surface area contributed by atoms with Crippen LogP contribution in [-0.4, -0.2) is 0 Å². The molecule has 0 radical (unpaired) electrons. The summed E-state index contributed by atoms with van der Waals surface area (Å²) in [6, 6.07) is 12.3. The van der Waals surface area contributed by atoms with Crippen LogP contribution in [0.2, 0.25) is 5.02 Å². The van der Waals surface area contributed by atoms with E-state index in [1.807, 2.05) is 31.2 Å². The Bertz CT molecular complexity index is 379. The highest BCUT2D eigenvalue weighted by Crippen LogP contribution is 2.34. The van der Waals surface area contributed by atoms with Gasteiger partial charge in [-0.2, -0.15) is 0 Å². The predicted octanol–water partition coefficient (Wildman–Crippen LogP) is 3.75. The number of hydrogen-bond donors (Lipinski definition) is 0. The molecule has 0 N–H and O–H groups in total. The molecule has 0 aliphatic heterocycles. The minimum Gasteiger partial charge on any atom is -0.0834 e. The molecule has 0 unspecified atom stereocenters. The average molecular weight is 177 g/mol. The lowest BCUT2D eigenvalue weighted by Crippen LogP contribution is -1.64. The van der Waals surface area contributed by atoms with Gasteiger partial charge in [0, 0.05) is 5.56 Å². The topological polar surface area (TPSA) is 0 Å². The lowest BCUT2D eigenvalue weighted by atomic mass is 10.2. The third-order valence-electron chi connectivity index (χ3n) is 2.03. The first-order valence-electron chi connectivity index (χ1n) is 3.93. The Morgan fingerprint density at radius 1 is 1.08 bits per heavy atom. The van der Waals surface area contributed by atoms with Crippen molar-refractivity contribution in [1.29, 1.82) is 0 Å². The summed E-state index contributed by atoms with van der Waals surface area (Å²) in [4.78, 5) is 0. The van der Waals surface area contributed by atoms with Crippen molar-refractivity contribution in [3.05, 3.63) is 47.0 Å². The molecular weight excluding hydrogens is 168 g/mol. The van der Waals surface area contributed by atoms with Gasteiger partial charge in [0.2, 0.25) is 0 Å². The minimum atomic E-state index is 0.876. The van der Waals surface area contributed by atoms with E-state index in [1.54, 1.807) is 0 Å². The zero-order valence-electron chi connectivity index (χ0n) is 6.84. The van der Waals surface area contributed by atoms with Crippen LogP contribution >= 0.6 is 11.6 Å². The fourth-order valence-corrected chi connectivity index (χ4v) is 1.62. The molecule has 0 aromatic rings. The first-order chi connectivity index (χ1) is 5.79. The van der Waals surface area contributed by atoms with Crippen molar-refractivity contribution in [2.24, 2.45) is 0 Å². The molecule has 12 heavy (non-hydrogen) atoms. The SMILES string of the molecule is Cc1cc2cccccc-2c1Cl. The predicted molar refractivity (Wildman–Crippen MR) is 52.8 cm³/mol. The molecule has 1 heteroatoms. The smallest absolute Gasteiger partial charge is 0.0513 e. The van der Waals surface area contributed by atoms with Gasteiger partial charge in [-0.3, -0.25) is 0 Å². The van der Waals surface area contributed by atoms with Crippen LogP contribution in [0.3, 0.4) is 0 Å². The summed E-state index contributed by atoms with van der Waals surface area (Å²) < 4.78 is 0. The summed E-state index contributed by atoms with van der Waals surface area (Å²) in [6.07, 6.45) is 0. The second kappa shape index (κ2) is 2.80. The zero-order chi connectivity index (χ0) is 8.55. The van der Waals surface area contributed by atoms with Gasteiger partial charge in [0.05, 0.1) is 5.02 Å². The van der Waals surface area contributed by atoms with E-state index in [1.165, 1.54) is 5.56 Å². The average Bonchev–Trinajstić information content (AvgIpc) is 2.30. The Kier molecular flexibility index (Phi) is 1.78. The second-order valence-corrected chi connectivity index (χ2v) is 3.30. The highest BCUT2D eigenvalue weighted by atomic mass is 35.5. The largest absolute Gasteiger partial charge is 0.0834 e. The van der Waals surface area contributed by atoms with Gasteiger partial charge in [-0.15, -0.1) is 0 Å². The van der Waals surface area contributed by atoms with Crippen molar-refractivity contribution in [3.8, 4) is 11.1 Å². The molecule has 0 atom stereocenters. The number of rotatable bonds is 0. The van der Waals surface area contributed by atoms with Gasteiger partial charge >= 0.3 is 0 Å². The lowest BCUT2D eigenvalue weighted by Gasteiger charge is -1.90. The summed E-state index contributed by atoms with van der Waals surface area (Å²) in [5.41, 5.74) is 3.50. The van der Waals surface area contributed by atoms with Crippen LogP contribution in [0.15, 0.2) is 36.4 Å². The summed E-state index contributed by atoms with van der Waals surface area (Å²) in [5, 5.41) is 0.876. The molecule has 0 saturated heterocycles. The third-order valence-corrected chi connectivity index (χ3v) is 2.53. The van der Waals surface area contributed by atoms with Crippen LogP contribution in [0.5, 0.6) is 0 Å². The van der Waals surface area contributed by atoms with Crippen LogP contribution < -0.4 is 0 Å². The van der Waals surface area contributed by atoms with Gasteiger partial charge < -0.3 is 0 Å². The quantitative estimate of drug-likeness (QED) is 0.574. The van der Waals surface area contributed by atoms with Crippen LogP contribution in [-0.2, 0) is 0 Å². The molecule has 0 aromatic carbocycles. The van der Waals surface area contributed by atoms with Crippen molar-refractivity contribution < 1.29 is 0 Å². The van der Waals surface area contributed by atoms with Crippen molar-refractivity contribution in [2.45, 2.75) is 6.92 Å². The zero-order valence-corrected chi connectivity index (χ0v) is 7.60. The van der Waals surface area contributed by atoms with Gasteiger partial charge in [0.15, 0.2) is 0 Å². The molecule has 0 aromatic heterocycles. The van der Waals surface area contributed by atoms with Crippen LogP contribution in [0.1, 0.15) is 5.56 Å². The lowest BCUT2D eigenvalue weighted by molar-refractivity contribution is 1.55. The standard InChI is InChI=1S/C11H9Cl/c1-8-7-9-5-3-2-4-6-10(9)11(8)12/h2-7H,1H3. The van der Waals surface area contributed by atoms with Gasteiger partial charge in [-0.05, 0) is 24.1 Å². The van der Waals surface area contributed by atoms with Crippen LogP contribution in [0.4, 0.5) is 0 Å². The maximum Gasteiger partial charge on any atom is 0.0513 e. The van der Waals surface area contributed by atoms with Crippen molar-refractivity contribution >= 4 is 11.6 Å². The van der Waals surface area contributed by atoms with E-state index in [0.29, 0.717) is 0 Å². The van der Waals surface area contributed by atoms with Crippen LogP contribution in [0.25, 0.3) is 11.1 Å². The van der Waals surface area contributed by atoms with Gasteiger partial charge in [-0.25, -0.2) is 0 Å². The number of aryl methyl sites for hydroxylation is 1. The number of fused-ring (bicyclic) bond motifs is 1. The Morgan fingerprint density at radius 2 is 1.83 bits per heavy atom. The van der Waals surface area contributed by atoms with E-state index in [-0.39, 0.29) is 0 Å². The molecule has 0 amide bonds. The summed E-state index contributed by atoms with van der Waals surface area (Å²) in [7, 11) is 0. The van der Waals surface area contributed by atoms with Crippen molar-refractivity contribution in [1.82, 2.24) is 0 Å². The molecule has 2 rings (SSSR count). The maximum atomic E-state index is 6.10. The number of halogens is 1. The van der Waals surface area contributed by atoms with E-state index in [4.69, 9.17) is 11.6 Å². The molecule has 0 spiro atoms. The molecule has 2 aliphatic carbocycles. The molecule has 0 saturated carbocycles. The number of hydrogen-bond acceptors (Lipinski definition) is 0. The van der Waals surface area contributed by atoms with E-state index in [9.17, 15) is 0 Å². The van der Waals surface area contributed by atoms with Crippen molar-refractivity contribution in [2.75, 3.05) is 0 Å². The first kappa shape index (κ1) is 7.63. The highest BCUT2D eigenvalue weighted by molar-refractivity contribution is 6.34. The van der Waals surface area contributed by atoms with Crippen molar-refractivity contribution in [3.63, 3.8) is 0 Å². The molecule has 0 heterocycles. The van der Waals surface area contributed by atoms with Gasteiger partial charge in [0.25, 0.3) is 0 Å². The third kappa shape index (κ3) is 1.09. The van der Waals surface area contributed by atoms with E-state index < -0.39 is 0 Å².